The number of ether oxygens (including phenoxy) is 1. The predicted molar refractivity (Wildman–Crippen MR) is 74.0 cm³/mol. The first-order chi connectivity index (χ1) is 9.81. The first-order valence-corrected chi connectivity index (χ1v) is 7.01. The molecule has 5 heteroatoms. The molecule has 0 spiro atoms. The lowest BCUT2D eigenvalue weighted by Gasteiger charge is -2.06. The molecule has 20 heavy (non-hydrogen) atoms. The van der Waals surface area contributed by atoms with Crippen LogP contribution < -0.4 is 5.73 Å². The number of benzene rings is 1. The highest BCUT2D eigenvalue weighted by Gasteiger charge is 2.21. The summed E-state index contributed by atoms with van der Waals surface area (Å²) in [5.41, 5.74) is 7.30. The molecule has 0 radical (unpaired) electrons. The zero-order valence-corrected chi connectivity index (χ0v) is 11.4. The van der Waals surface area contributed by atoms with Gasteiger partial charge in [0.1, 0.15) is 0 Å². The Morgan fingerprint density at radius 3 is 2.90 bits per heavy atom. The van der Waals surface area contributed by atoms with E-state index in [9.17, 15) is 0 Å². The van der Waals surface area contributed by atoms with E-state index in [4.69, 9.17) is 15.0 Å². The van der Waals surface area contributed by atoms with Gasteiger partial charge in [-0.3, -0.25) is 0 Å². The Morgan fingerprint density at radius 1 is 1.30 bits per heavy atom. The maximum atomic E-state index is 6.13. The minimum atomic E-state index is -0.251. The summed E-state index contributed by atoms with van der Waals surface area (Å²) in [5, 5.41) is 4.02. The van der Waals surface area contributed by atoms with Crippen LogP contribution in [0.1, 0.15) is 29.7 Å². The van der Waals surface area contributed by atoms with Gasteiger partial charge in [-0.05, 0) is 24.3 Å². The number of aromatic nitrogens is 2. The highest BCUT2D eigenvalue weighted by Crippen LogP contribution is 2.19. The Hall–Kier alpha value is -1.72. The Kier molecular flexibility index (Phi) is 4.08. The topological polar surface area (TPSA) is 74.2 Å². The Labute approximate surface area is 118 Å². The lowest BCUT2D eigenvalue weighted by atomic mass is 10.0. The van der Waals surface area contributed by atoms with Crippen LogP contribution in [0.2, 0.25) is 0 Å². The largest absolute Gasteiger partial charge is 0.381 e. The maximum absolute atomic E-state index is 6.13. The van der Waals surface area contributed by atoms with Gasteiger partial charge in [0, 0.05) is 19.6 Å². The fourth-order valence-electron chi connectivity index (χ4n) is 2.46. The van der Waals surface area contributed by atoms with Gasteiger partial charge in [0.2, 0.25) is 5.89 Å². The first kappa shape index (κ1) is 13.3. The molecule has 3 rings (SSSR count). The predicted octanol–water partition coefficient (Wildman–Crippen LogP) is 1.89. The fraction of sp³-hybridized carbons (Fsp3) is 0.467. The fourth-order valence-corrected chi connectivity index (χ4v) is 2.46. The van der Waals surface area contributed by atoms with Gasteiger partial charge < -0.3 is 15.0 Å². The molecule has 0 amide bonds. The SMILES string of the molecule is NC(Cc1ccccc1)c1nc(CC2CCOC2)no1. The summed E-state index contributed by atoms with van der Waals surface area (Å²) in [7, 11) is 0. The highest BCUT2D eigenvalue weighted by atomic mass is 16.5. The van der Waals surface area contributed by atoms with Crippen molar-refractivity contribution in [3.63, 3.8) is 0 Å². The second-order valence-corrected chi connectivity index (χ2v) is 5.28. The van der Waals surface area contributed by atoms with Crippen LogP contribution in [-0.4, -0.2) is 23.4 Å². The van der Waals surface area contributed by atoms with Crippen LogP contribution in [0.5, 0.6) is 0 Å². The summed E-state index contributed by atoms with van der Waals surface area (Å²) in [5.74, 6) is 1.76. The summed E-state index contributed by atoms with van der Waals surface area (Å²) in [6.45, 7) is 1.63. The van der Waals surface area contributed by atoms with E-state index in [0.717, 1.165) is 31.9 Å². The van der Waals surface area contributed by atoms with Crippen molar-refractivity contribution in [1.82, 2.24) is 10.1 Å². The van der Waals surface area contributed by atoms with Gasteiger partial charge in [0.15, 0.2) is 5.82 Å². The molecular formula is C15H19N3O2. The summed E-state index contributed by atoms with van der Waals surface area (Å²) >= 11 is 0. The van der Waals surface area contributed by atoms with E-state index in [1.54, 1.807) is 0 Å². The lowest BCUT2D eigenvalue weighted by Crippen LogP contribution is -2.14. The molecule has 1 saturated heterocycles. The second-order valence-electron chi connectivity index (χ2n) is 5.28. The molecule has 1 fully saturated rings. The number of rotatable bonds is 5. The number of nitrogens with two attached hydrogens (primary N) is 1. The van der Waals surface area contributed by atoms with Crippen LogP contribution in [0, 0.1) is 5.92 Å². The summed E-state index contributed by atoms with van der Waals surface area (Å²) < 4.78 is 10.6. The van der Waals surface area contributed by atoms with Crippen molar-refractivity contribution in [2.75, 3.05) is 13.2 Å². The maximum Gasteiger partial charge on any atom is 0.243 e. The van der Waals surface area contributed by atoms with Gasteiger partial charge >= 0.3 is 0 Å². The Bertz CT molecular complexity index is 535. The van der Waals surface area contributed by atoms with E-state index >= 15 is 0 Å². The monoisotopic (exact) mass is 273 g/mol. The van der Waals surface area contributed by atoms with Gasteiger partial charge in [0.25, 0.3) is 0 Å². The zero-order valence-electron chi connectivity index (χ0n) is 11.4. The van der Waals surface area contributed by atoms with Crippen LogP contribution in [-0.2, 0) is 17.6 Å². The van der Waals surface area contributed by atoms with Crippen LogP contribution >= 0.6 is 0 Å². The molecule has 2 unspecified atom stereocenters. The molecule has 0 saturated carbocycles. The van der Waals surface area contributed by atoms with Gasteiger partial charge in [-0.1, -0.05) is 35.5 Å². The lowest BCUT2D eigenvalue weighted by molar-refractivity contribution is 0.185. The minimum Gasteiger partial charge on any atom is -0.381 e. The minimum absolute atomic E-state index is 0.251. The molecule has 1 aromatic heterocycles. The van der Waals surface area contributed by atoms with Crippen molar-refractivity contribution in [2.24, 2.45) is 11.7 Å². The van der Waals surface area contributed by atoms with E-state index in [0.29, 0.717) is 18.2 Å². The van der Waals surface area contributed by atoms with Crippen molar-refractivity contribution < 1.29 is 9.26 Å². The Morgan fingerprint density at radius 2 is 2.15 bits per heavy atom. The molecule has 5 nitrogen and oxygen atoms in total. The first-order valence-electron chi connectivity index (χ1n) is 7.01. The average Bonchev–Trinajstić information content (AvgIpc) is 3.12. The van der Waals surface area contributed by atoms with Crippen LogP contribution in [0.15, 0.2) is 34.9 Å². The number of hydrogen-bond acceptors (Lipinski definition) is 5. The molecule has 2 heterocycles. The van der Waals surface area contributed by atoms with E-state index in [-0.39, 0.29) is 6.04 Å². The van der Waals surface area contributed by atoms with E-state index in [2.05, 4.69) is 10.1 Å². The quantitative estimate of drug-likeness (QED) is 0.900. The zero-order chi connectivity index (χ0) is 13.8. The smallest absolute Gasteiger partial charge is 0.243 e. The third-order valence-corrected chi connectivity index (χ3v) is 3.59. The summed E-state index contributed by atoms with van der Waals surface area (Å²) in [6, 6.07) is 9.84. The summed E-state index contributed by atoms with van der Waals surface area (Å²) in [4.78, 5) is 4.41. The number of hydrogen-bond donors (Lipinski definition) is 1. The molecule has 1 aromatic carbocycles. The molecule has 106 valence electrons. The molecule has 0 bridgehead atoms. The van der Waals surface area contributed by atoms with Crippen molar-refractivity contribution in [1.29, 1.82) is 0 Å². The molecule has 2 atom stereocenters. The molecule has 2 aromatic rings. The van der Waals surface area contributed by atoms with Crippen molar-refractivity contribution in [3.8, 4) is 0 Å². The van der Waals surface area contributed by atoms with E-state index in [1.807, 2.05) is 30.3 Å². The standard InChI is InChI=1S/C15H19N3O2/c16-13(8-11-4-2-1-3-5-11)15-17-14(18-20-15)9-12-6-7-19-10-12/h1-5,12-13H,6-10,16H2. The Balaban J connectivity index is 1.60. The van der Waals surface area contributed by atoms with Gasteiger partial charge in [-0.2, -0.15) is 4.98 Å². The van der Waals surface area contributed by atoms with Gasteiger partial charge in [-0.25, -0.2) is 0 Å². The normalized spacial score (nSPS) is 20.1. The van der Waals surface area contributed by atoms with Crippen molar-refractivity contribution in [2.45, 2.75) is 25.3 Å². The summed E-state index contributed by atoms with van der Waals surface area (Å²) in [6.07, 6.45) is 2.58. The van der Waals surface area contributed by atoms with E-state index in [1.165, 1.54) is 5.56 Å². The molecule has 1 aliphatic rings. The third-order valence-electron chi connectivity index (χ3n) is 3.59. The van der Waals surface area contributed by atoms with Crippen LogP contribution in [0.25, 0.3) is 0 Å². The molecule has 1 aliphatic heterocycles. The van der Waals surface area contributed by atoms with Gasteiger partial charge in [0.05, 0.1) is 6.04 Å². The third kappa shape index (κ3) is 3.23. The van der Waals surface area contributed by atoms with E-state index < -0.39 is 0 Å². The highest BCUT2D eigenvalue weighted by molar-refractivity contribution is 5.16. The molecule has 0 aliphatic carbocycles. The number of nitrogens with zero attached hydrogens (tertiary/aromatic N) is 2. The molecule has 2 N–H and O–H groups in total. The van der Waals surface area contributed by atoms with Crippen molar-refractivity contribution in [3.05, 3.63) is 47.6 Å². The van der Waals surface area contributed by atoms with Crippen LogP contribution in [0.3, 0.4) is 0 Å². The molecular weight excluding hydrogens is 254 g/mol. The second kappa shape index (κ2) is 6.15. The van der Waals surface area contributed by atoms with Crippen molar-refractivity contribution >= 4 is 0 Å². The van der Waals surface area contributed by atoms with Crippen LogP contribution in [0.4, 0.5) is 0 Å². The van der Waals surface area contributed by atoms with Gasteiger partial charge in [-0.15, -0.1) is 0 Å². The average molecular weight is 273 g/mol.